The van der Waals surface area contributed by atoms with Crippen molar-refractivity contribution in [1.82, 2.24) is 9.97 Å². The van der Waals surface area contributed by atoms with Gasteiger partial charge in [0.2, 0.25) is 0 Å². The first kappa shape index (κ1) is 12.5. The van der Waals surface area contributed by atoms with Crippen molar-refractivity contribution in [1.29, 1.82) is 0 Å². The zero-order chi connectivity index (χ0) is 12.8. The number of rotatable bonds is 2. The second-order valence-corrected chi connectivity index (χ2v) is 7.16. The van der Waals surface area contributed by atoms with Crippen molar-refractivity contribution in [2.24, 2.45) is 0 Å². The maximum Gasteiger partial charge on any atom is 0.115 e. The molecule has 0 bridgehead atoms. The lowest BCUT2D eigenvalue weighted by Gasteiger charge is -2.00. The largest absolute Gasteiger partial charge is 0.244 e. The van der Waals surface area contributed by atoms with Gasteiger partial charge >= 0.3 is 0 Å². The summed E-state index contributed by atoms with van der Waals surface area (Å²) in [7, 11) is -0.259. The van der Waals surface area contributed by atoms with Crippen molar-refractivity contribution in [3.8, 4) is 23.0 Å². The van der Waals surface area contributed by atoms with Gasteiger partial charge in [0.25, 0.3) is 0 Å². The van der Waals surface area contributed by atoms with Crippen molar-refractivity contribution >= 4 is 8.80 Å². The summed E-state index contributed by atoms with van der Waals surface area (Å²) in [5, 5.41) is 0. The van der Waals surface area contributed by atoms with E-state index in [-0.39, 0.29) is 8.80 Å². The Balaban J connectivity index is 2.22. The third-order valence-corrected chi connectivity index (χ3v) is 3.32. The Morgan fingerprint density at radius 3 is 2.61 bits per heavy atom. The molecule has 2 nitrogen and oxygen atoms in total. The standard InChI is InChI=1S/C15H15N2Si/c1-18(2)8-4-6-13-5-3-7-14(9-13)15-10-16-12-17-11-15/h3,5,7,9-12H,8H2,1-2H3. The van der Waals surface area contributed by atoms with Crippen LogP contribution in [0.4, 0.5) is 0 Å². The van der Waals surface area contributed by atoms with Gasteiger partial charge in [-0.2, -0.15) is 0 Å². The van der Waals surface area contributed by atoms with Crippen LogP contribution in [0.5, 0.6) is 0 Å². The topological polar surface area (TPSA) is 25.8 Å². The molecule has 3 heteroatoms. The summed E-state index contributed by atoms with van der Waals surface area (Å²) in [5.74, 6) is 6.46. The molecule has 1 heterocycles. The Hall–Kier alpha value is -1.92. The summed E-state index contributed by atoms with van der Waals surface area (Å²) < 4.78 is 0. The number of hydrogen-bond donors (Lipinski definition) is 0. The highest BCUT2D eigenvalue weighted by Crippen LogP contribution is 2.17. The van der Waals surface area contributed by atoms with Crippen LogP contribution in [0.1, 0.15) is 5.56 Å². The van der Waals surface area contributed by atoms with Crippen LogP contribution in [0.25, 0.3) is 11.1 Å². The van der Waals surface area contributed by atoms with Gasteiger partial charge < -0.3 is 0 Å². The Kier molecular flexibility index (Phi) is 4.27. The van der Waals surface area contributed by atoms with Crippen LogP contribution in [0.2, 0.25) is 19.1 Å². The highest BCUT2D eigenvalue weighted by Gasteiger charge is 1.98. The van der Waals surface area contributed by atoms with Crippen LogP contribution in [0.3, 0.4) is 0 Å². The normalized spacial score (nSPS) is 9.94. The van der Waals surface area contributed by atoms with Crippen molar-refractivity contribution < 1.29 is 0 Å². The molecule has 2 rings (SSSR count). The molecule has 0 saturated carbocycles. The van der Waals surface area contributed by atoms with Gasteiger partial charge in [0.1, 0.15) is 6.33 Å². The lowest BCUT2D eigenvalue weighted by Crippen LogP contribution is -1.95. The van der Waals surface area contributed by atoms with E-state index in [1.54, 1.807) is 6.33 Å². The van der Waals surface area contributed by atoms with E-state index in [2.05, 4.69) is 47.0 Å². The fraction of sp³-hybridized carbons (Fsp3) is 0.200. The van der Waals surface area contributed by atoms with Gasteiger partial charge in [-0.05, 0) is 17.7 Å². The zero-order valence-electron chi connectivity index (χ0n) is 10.6. The molecule has 1 radical (unpaired) electrons. The SMILES string of the molecule is C[Si](C)CC#Cc1cccc(-c2cncnc2)c1. The van der Waals surface area contributed by atoms with Crippen LogP contribution in [-0.2, 0) is 0 Å². The number of nitrogens with zero attached hydrogens (tertiary/aromatic N) is 2. The number of aromatic nitrogens is 2. The molecular weight excluding hydrogens is 236 g/mol. The molecule has 2 aromatic rings. The molecule has 0 aliphatic heterocycles. The van der Waals surface area contributed by atoms with Crippen LogP contribution in [-0.4, -0.2) is 18.8 Å². The molecule has 0 unspecified atom stereocenters. The lowest BCUT2D eigenvalue weighted by atomic mass is 10.1. The quantitative estimate of drug-likeness (QED) is 0.605. The number of hydrogen-bond acceptors (Lipinski definition) is 2. The van der Waals surface area contributed by atoms with Gasteiger partial charge in [0.15, 0.2) is 0 Å². The van der Waals surface area contributed by atoms with Gasteiger partial charge in [-0.3, -0.25) is 0 Å². The van der Waals surface area contributed by atoms with E-state index in [1.807, 2.05) is 24.5 Å². The first-order chi connectivity index (χ1) is 8.75. The molecule has 1 aromatic heterocycles. The summed E-state index contributed by atoms with van der Waals surface area (Å²) in [6.07, 6.45) is 5.18. The predicted octanol–water partition coefficient (Wildman–Crippen LogP) is 3.25. The summed E-state index contributed by atoms with van der Waals surface area (Å²) in [6.45, 7) is 4.55. The minimum Gasteiger partial charge on any atom is -0.244 e. The zero-order valence-corrected chi connectivity index (χ0v) is 11.6. The van der Waals surface area contributed by atoms with E-state index >= 15 is 0 Å². The second-order valence-electron chi connectivity index (χ2n) is 4.39. The average molecular weight is 251 g/mol. The van der Waals surface area contributed by atoms with Crippen molar-refractivity contribution in [2.75, 3.05) is 0 Å². The molecule has 18 heavy (non-hydrogen) atoms. The number of benzene rings is 1. The van der Waals surface area contributed by atoms with Crippen molar-refractivity contribution in [3.63, 3.8) is 0 Å². The Morgan fingerprint density at radius 1 is 1.11 bits per heavy atom. The van der Waals surface area contributed by atoms with Crippen molar-refractivity contribution in [3.05, 3.63) is 48.5 Å². The molecule has 0 N–H and O–H groups in total. The molecule has 0 atom stereocenters. The Morgan fingerprint density at radius 2 is 1.89 bits per heavy atom. The summed E-state index contributed by atoms with van der Waals surface area (Å²) >= 11 is 0. The smallest absolute Gasteiger partial charge is 0.115 e. The Bertz CT molecular complexity index is 568. The molecule has 0 spiro atoms. The fourth-order valence-electron chi connectivity index (χ4n) is 1.55. The summed E-state index contributed by atoms with van der Waals surface area (Å²) in [5.41, 5.74) is 3.19. The van der Waals surface area contributed by atoms with Gasteiger partial charge in [0, 0.05) is 29.6 Å². The molecule has 0 fully saturated rings. The van der Waals surface area contributed by atoms with Crippen LogP contribution in [0.15, 0.2) is 43.0 Å². The molecule has 1 aromatic carbocycles. The highest BCUT2D eigenvalue weighted by atomic mass is 28.3. The first-order valence-corrected chi connectivity index (χ1v) is 8.60. The molecule has 0 aliphatic carbocycles. The van der Waals surface area contributed by atoms with Gasteiger partial charge in [-0.1, -0.05) is 31.1 Å². The second kappa shape index (κ2) is 6.13. The fourth-order valence-corrected chi connectivity index (χ4v) is 1.99. The summed E-state index contributed by atoms with van der Waals surface area (Å²) in [6, 6.07) is 9.24. The minimum absolute atomic E-state index is 0.259. The van der Waals surface area contributed by atoms with E-state index in [4.69, 9.17) is 0 Å². The van der Waals surface area contributed by atoms with E-state index in [9.17, 15) is 0 Å². The van der Waals surface area contributed by atoms with E-state index in [1.165, 1.54) is 0 Å². The van der Waals surface area contributed by atoms with Crippen LogP contribution < -0.4 is 0 Å². The molecular formula is C15H15N2Si. The van der Waals surface area contributed by atoms with Crippen LogP contribution in [0, 0.1) is 11.8 Å². The molecule has 89 valence electrons. The third kappa shape index (κ3) is 3.54. The Labute approximate surface area is 110 Å². The lowest BCUT2D eigenvalue weighted by molar-refractivity contribution is 1.17. The van der Waals surface area contributed by atoms with Gasteiger partial charge in [-0.15, -0.1) is 5.92 Å². The molecule has 0 saturated heterocycles. The van der Waals surface area contributed by atoms with E-state index < -0.39 is 0 Å². The van der Waals surface area contributed by atoms with Gasteiger partial charge in [-0.25, -0.2) is 9.97 Å². The average Bonchev–Trinajstić information content (AvgIpc) is 2.40. The van der Waals surface area contributed by atoms with E-state index in [0.29, 0.717) is 0 Å². The van der Waals surface area contributed by atoms with Crippen molar-refractivity contribution in [2.45, 2.75) is 19.1 Å². The molecule has 0 aliphatic rings. The maximum atomic E-state index is 4.03. The third-order valence-electron chi connectivity index (χ3n) is 2.43. The predicted molar refractivity (Wildman–Crippen MR) is 76.6 cm³/mol. The van der Waals surface area contributed by atoms with Gasteiger partial charge in [0.05, 0.1) is 8.80 Å². The van der Waals surface area contributed by atoms with Crippen LogP contribution >= 0.6 is 0 Å². The monoisotopic (exact) mass is 251 g/mol. The van der Waals surface area contributed by atoms with E-state index in [0.717, 1.165) is 22.7 Å². The molecule has 0 amide bonds. The summed E-state index contributed by atoms with van der Waals surface area (Å²) in [4.78, 5) is 8.07. The maximum absolute atomic E-state index is 4.03. The minimum atomic E-state index is -0.259. The first-order valence-electron chi connectivity index (χ1n) is 5.89. The highest BCUT2D eigenvalue weighted by molar-refractivity contribution is 6.56.